The predicted octanol–water partition coefficient (Wildman–Crippen LogP) is 3.83. The summed E-state index contributed by atoms with van der Waals surface area (Å²) in [6.45, 7) is 0.401. The molecular formula is C22H28N2O3S. The fourth-order valence-electron chi connectivity index (χ4n) is 4.47. The lowest BCUT2D eigenvalue weighted by Gasteiger charge is -2.26. The highest BCUT2D eigenvalue weighted by molar-refractivity contribution is 7.89. The molecule has 0 radical (unpaired) electrons. The van der Waals surface area contributed by atoms with Gasteiger partial charge in [-0.25, -0.2) is 8.42 Å². The number of benzene rings is 2. The Hall–Kier alpha value is -1.92. The van der Waals surface area contributed by atoms with Gasteiger partial charge >= 0.3 is 0 Å². The molecule has 2 aliphatic rings. The molecule has 1 saturated heterocycles. The van der Waals surface area contributed by atoms with Gasteiger partial charge in [-0.1, -0.05) is 56.0 Å². The average Bonchev–Trinajstić information content (AvgIpc) is 3.08. The highest BCUT2D eigenvalue weighted by Crippen LogP contribution is 2.28. The number of fused-ring (bicyclic) bond motifs is 1. The number of hydrogen-bond donors (Lipinski definition) is 1. The third kappa shape index (κ3) is 3.94. The standard InChI is InChI=1S/C22H28N2O3S/c25-22(23-19-10-3-1-2-4-11-19)21-12-7-15-24(21)28(26,27)20-14-13-17-8-5-6-9-18(17)16-20/h5-6,8-9,13-14,16,19,21H,1-4,7,10-12,15H2,(H,23,25)/t21-/m1/s1. The molecule has 28 heavy (non-hydrogen) atoms. The first kappa shape index (κ1) is 19.4. The Labute approximate surface area is 167 Å². The number of carbonyl (C=O) groups is 1. The molecule has 1 aliphatic heterocycles. The molecule has 0 spiro atoms. The van der Waals surface area contributed by atoms with Gasteiger partial charge in [-0.15, -0.1) is 0 Å². The minimum absolute atomic E-state index is 0.131. The van der Waals surface area contributed by atoms with Gasteiger partial charge in [0.25, 0.3) is 0 Å². The van der Waals surface area contributed by atoms with Gasteiger partial charge in [-0.2, -0.15) is 4.31 Å². The Morgan fingerprint density at radius 2 is 1.61 bits per heavy atom. The summed E-state index contributed by atoms with van der Waals surface area (Å²) in [7, 11) is -3.70. The van der Waals surface area contributed by atoms with Gasteiger partial charge in [-0.05, 0) is 48.6 Å². The van der Waals surface area contributed by atoms with Crippen LogP contribution in [0.4, 0.5) is 0 Å². The van der Waals surface area contributed by atoms with Crippen molar-refractivity contribution in [3.05, 3.63) is 42.5 Å². The van der Waals surface area contributed by atoms with E-state index in [4.69, 9.17) is 0 Å². The molecule has 1 heterocycles. The monoisotopic (exact) mass is 400 g/mol. The van der Waals surface area contributed by atoms with Gasteiger partial charge in [-0.3, -0.25) is 4.79 Å². The number of amides is 1. The van der Waals surface area contributed by atoms with Crippen LogP contribution in [-0.4, -0.2) is 37.3 Å². The minimum atomic E-state index is -3.70. The zero-order valence-corrected chi connectivity index (χ0v) is 17.0. The van der Waals surface area contributed by atoms with E-state index in [9.17, 15) is 13.2 Å². The number of rotatable bonds is 4. The Morgan fingerprint density at radius 3 is 2.36 bits per heavy atom. The van der Waals surface area contributed by atoms with E-state index in [1.807, 2.05) is 30.3 Å². The van der Waals surface area contributed by atoms with E-state index in [2.05, 4.69) is 5.32 Å². The van der Waals surface area contributed by atoms with Crippen LogP contribution in [0.3, 0.4) is 0 Å². The molecule has 1 amide bonds. The third-order valence-corrected chi connectivity index (χ3v) is 7.94. The van der Waals surface area contributed by atoms with E-state index in [1.54, 1.807) is 12.1 Å². The molecule has 6 heteroatoms. The van der Waals surface area contributed by atoms with Crippen molar-refractivity contribution in [2.45, 2.75) is 68.3 Å². The smallest absolute Gasteiger partial charge is 0.243 e. The van der Waals surface area contributed by atoms with Crippen LogP contribution in [0.2, 0.25) is 0 Å². The first-order valence-electron chi connectivity index (χ1n) is 10.4. The van der Waals surface area contributed by atoms with Gasteiger partial charge in [0.1, 0.15) is 6.04 Å². The van der Waals surface area contributed by atoms with Crippen LogP contribution in [0.25, 0.3) is 10.8 Å². The van der Waals surface area contributed by atoms with E-state index in [-0.39, 0.29) is 16.8 Å². The van der Waals surface area contributed by atoms with Crippen molar-refractivity contribution in [2.24, 2.45) is 0 Å². The second-order valence-corrected chi connectivity index (χ2v) is 9.87. The molecule has 1 atom stereocenters. The normalized spacial score (nSPS) is 22.2. The Kier molecular flexibility index (Phi) is 5.69. The van der Waals surface area contributed by atoms with Crippen LogP contribution in [0.15, 0.2) is 47.4 Å². The molecule has 1 saturated carbocycles. The SMILES string of the molecule is O=C(NC1CCCCCC1)[C@H]1CCCN1S(=O)(=O)c1ccc2ccccc2c1. The summed E-state index contributed by atoms with van der Waals surface area (Å²) in [6, 6.07) is 12.5. The molecule has 5 nitrogen and oxygen atoms in total. The molecule has 150 valence electrons. The summed E-state index contributed by atoms with van der Waals surface area (Å²) in [5, 5.41) is 5.03. The van der Waals surface area contributed by atoms with Crippen molar-refractivity contribution in [1.29, 1.82) is 0 Å². The molecule has 4 rings (SSSR count). The number of sulfonamides is 1. The van der Waals surface area contributed by atoms with E-state index >= 15 is 0 Å². The Bertz CT molecular complexity index is 949. The van der Waals surface area contributed by atoms with Gasteiger partial charge in [0, 0.05) is 12.6 Å². The molecule has 2 fully saturated rings. The van der Waals surface area contributed by atoms with Crippen molar-refractivity contribution < 1.29 is 13.2 Å². The first-order valence-corrected chi connectivity index (χ1v) is 11.8. The van der Waals surface area contributed by atoms with Gasteiger partial charge in [0.2, 0.25) is 15.9 Å². The fourth-order valence-corrected chi connectivity index (χ4v) is 6.17. The van der Waals surface area contributed by atoms with Crippen LogP contribution in [0.1, 0.15) is 51.4 Å². The lowest BCUT2D eigenvalue weighted by atomic mass is 10.1. The summed E-state index contributed by atoms with van der Waals surface area (Å²) in [6.07, 6.45) is 8.01. The maximum Gasteiger partial charge on any atom is 0.243 e. The van der Waals surface area contributed by atoms with Crippen LogP contribution in [-0.2, 0) is 14.8 Å². The van der Waals surface area contributed by atoms with E-state index in [1.165, 1.54) is 17.1 Å². The molecule has 1 aliphatic carbocycles. The van der Waals surface area contributed by atoms with Crippen molar-refractivity contribution in [3.8, 4) is 0 Å². The van der Waals surface area contributed by atoms with Crippen LogP contribution >= 0.6 is 0 Å². The van der Waals surface area contributed by atoms with Crippen LogP contribution < -0.4 is 5.32 Å². The maximum atomic E-state index is 13.3. The summed E-state index contributed by atoms with van der Waals surface area (Å²) in [5.74, 6) is -0.131. The second kappa shape index (κ2) is 8.21. The number of nitrogens with one attached hydrogen (secondary N) is 1. The first-order chi connectivity index (χ1) is 13.6. The molecule has 0 aromatic heterocycles. The lowest BCUT2D eigenvalue weighted by molar-refractivity contribution is -0.125. The second-order valence-electron chi connectivity index (χ2n) is 7.98. The molecule has 0 unspecified atom stereocenters. The summed E-state index contributed by atoms with van der Waals surface area (Å²) >= 11 is 0. The van der Waals surface area contributed by atoms with Crippen LogP contribution in [0.5, 0.6) is 0 Å². The van der Waals surface area contributed by atoms with Crippen molar-refractivity contribution >= 4 is 26.7 Å². The predicted molar refractivity (Wildman–Crippen MR) is 110 cm³/mol. The highest BCUT2D eigenvalue weighted by atomic mass is 32.2. The van der Waals surface area contributed by atoms with Crippen LogP contribution in [0, 0.1) is 0 Å². The van der Waals surface area contributed by atoms with Gasteiger partial charge < -0.3 is 5.32 Å². The Balaban J connectivity index is 1.54. The molecule has 0 bridgehead atoms. The van der Waals surface area contributed by atoms with Gasteiger partial charge in [0.05, 0.1) is 4.90 Å². The molecule has 2 aromatic carbocycles. The lowest BCUT2D eigenvalue weighted by Crippen LogP contribution is -2.48. The Morgan fingerprint density at radius 1 is 0.893 bits per heavy atom. The molecule has 2 aromatic rings. The van der Waals surface area contributed by atoms with E-state index in [0.29, 0.717) is 13.0 Å². The number of hydrogen-bond acceptors (Lipinski definition) is 3. The topological polar surface area (TPSA) is 66.5 Å². The van der Waals surface area contributed by atoms with E-state index in [0.717, 1.165) is 42.9 Å². The largest absolute Gasteiger partial charge is 0.352 e. The maximum absolute atomic E-state index is 13.3. The van der Waals surface area contributed by atoms with Crippen molar-refractivity contribution in [3.63, 3.8) is 0 Å². The summed E-state index contributed by atoms with van der Waals surface area (Å²) < 4.78 is 28.0. The summed E-state index contributed by atoms with van der Waals surface area (Å²) in [5.41, 5.74) is 0. The molecular weight excluding hydrogens is 372 g/mol. The minimum Gasteiger partial charge on any atom is -0.352 e. The van der Waals surface area contributed by atoms with Crippen molar-refractivity contribution in [2.75, 3.05) is 6.54 Å². The van der Waals surface area contributed by atoms with Gasteiger partial charge in [0.15, 0.2) is 0 Å². The quantitative estimate of drug-likeness (QED) is 0.793. The zero-order valence-electron chi connectivity index (χ0n) is 16.1. The number of carbonyl (C=O) groups excluding carboxylic acids is 1. The number of nitrogens with zero attached hydrogens (tertiary/aromatic N) is 1. The average molecular weight is 401 g/mol. The van der Waals surface area contributed by atoms with Crippen molar-refractivity contribution in [1.82, 2.24) is 9.62 Å². The summed E-state index contributed by atoms with van der Waals surface area (Å²) in [4.78, 5) is 13.2. The highest BCUT2D eigenvalue weighted by Gasteiger charge is 2.40. The zero-order chi connectivity index (χ0) is 19.6. The van der Waals surface area contributed by atoms with E-state index < -0.39 is 16.1 Å². The molecule has 1 N–H and O–H groups in total. The third-order valence-electron chi connectivity index (χ3n) is 6.04. The fraction of sp³-hybridized carbons (Fsp3) is 0.500.